The number of carbonyl (C=O) groups excluding carboxylic acids is 1. The molecule has 0 aromatic heterocycles. The van der Waals surface area contributed by atoms with Gasteiger partial charge in [-0.15, -0.1) is 0 Å². The Labute approximate surface area is 115 Å². The lowest BCUT2D eigenvalue weighted by Gasteiger charge is -2.53. The van der Waals surface area contributed by atoms with E-state index < -0.39 is 5.60 Å². The standard InChI is InChI=1S/C15H25NO3/c1-14(2)12-6-7-15(3,19-14)13(17)11(12)10-18-9-8-16(4)5/h10,12H,6-9H2,1-5H3/b11-10-. The molecule has 0 aromatic carbocycles. The summed E-state index contributed by atoms with van der Waals surface area (Å²) < 4.78 is 11.6. The number of rotatable bonds is 4. The van der Waals surface area contributed by atoms with Crippen LogP contribution in [0.2, 0.25) is 0 Å². The van der Waals surface area contributed by atoms with Crippen LogP contribution in [0.15, 0.2) is 11.8 Å². The molecule has 108 valence electrons. The van der Waals surface area contributed by atoms with Crippen molar-refractivity contribution in [1.29, 1.82) is 0 Å². The first-order valence-electron chi connectivity index (χ1n) is 6.98. The maximum atomic E-state index is 12.4. The van der Waals surface area contributed by atoms with Gasteiger partial charge < -0.3 is 14.4 Å². The Morgan fingerprint density at radius 3 is 2.68 bits per heavy atom. The molecule has 4 nitrogen and oxygen atoms in total. The van der Waals surface area contributed by atoms with Crippen molar-refractivity contribution < 1.29 is 14.3 Å². The van der Waals surface area contributed by atoms with Crippen LogP contribution >= 0.6 is 0 Å². The third-order valence-corrected chi connectivity index (χ3v) is 4.22. The fourth-order valence-corrected chi connectivity index (χ4v) is 3.14. The molecule has 3 aliphatic rings. The van der Waals surface area contributed by atoms with Crippen molar-refractivity contribution in [3.63, 3.8) is 0 Å². The van der Waals surface area contributed by atoms with Crippen molar-refractivity contribution in [2.45, 2.75) is 44.8 Å². The SMILES string of the molecule is CN(C)CCO/C=C1\C(=O)C2(C)CCC1C(C)(C)O2. The predicted octanol–water partition coefficient (Wildman–Crippen LogP) is 2.00. The molecule has 1 saturated carbocycles. The van der Waals surface area contributed by atoms with E-state index >= 15 is 0 Å². The van der Waals surface area contributed by atoms with Crippen LogP contribution in [0.25, 0.3) is 0 Å². The molecule has 0 amide bonds. The third-order valence-electron chi connectivity index (χ3n) is 4.22. The largest absolute Gasteiger partial charge is 0.499 e. The molecule has 2 heterocycles. The van der Waals surface area contributed by atoms with Crippen LogP contribution < -0.4 is 0 Å². The summed E-state index contributed by atoms with van der Waals surface area (Å²) in [4.78, 5) is 14.5. The Hall–Kier alpha value is -0.870. The summed E-state index contributed by atoms with van der Waals surface area (Å²) in [5.41, 5.74) is -0.129. The maximum absolute atomic E-state index is 12.4. The van der Waals surface area contributed by atoms with Gasteiger partial charge >= 0.3 is 0 Å². The highest BCUT2D eigenvalue weighted by molar-refractivity contribution is 6.03. The van der Waals surface area contributed by atoms with Crippen molar-refractivity contribution in [3.05, 3.63) is 11.8 Å². The number of hydrogen-bond donors (Lipinski definition) is 0. The first-order chi connectivity index (χ1) is 8.76. The maximum Gasteiger partial charge on any atom is 0.193 e. The zero-order valence-electron chi connectivity index (χ0n) is 12.7. The first-order valence-corrected chi connectivity index (χ1v) is 6.98. The molecule has 2 aliphatic heterocycles. The quantitative estimate of drug-likeness (QED) is 0.443. The van der Waals surface area contributed by atoms with Gasteiger partial charge in [0.2, 0.25) is 0 Å². The average Bonchev–Trinajstić information content (AvgIpc) is 2.27. The highest BCUT2D eigenvalue weighted by Crippen LogP contribution is 2.50. The van der Waals surface area contributed by atoms with E-state index in [9.17, 15) is 4.79 Å². The normalized spacial score (nSPS) is 35.2. The van der Waals surface area contributed by atoms with Crippen molar-refractivity contribution in [3.8, 4) is 0 Å². The lowest BCUT2D eigenvalue weighted by atomic mass is 9.65. The number of ketones is 1. The summed E-state index contributed by atoms with van der Waals surface area (Å²) in [7, 11) is 4.00. The van der Waals surface area contributed by atoms with Gasteiger partial charge in [0.1, 0.15) is 5.60 Å². The number of ether oxygens (including phenoxy) is 2. The summed E-state index contributed by atoms with van der Waals surface area (Å²) in [6, 6.07) is 0. The molecule has 0 N–H and O–H groups in total. The van der Waals surface area contributed by atoms with Gasteiger partial charge in [-0.3, -0.25) is 4.79 Å². The smallest absolute Gasteiger partial charge is 0.193 e. The van der Waals surface area contributed by atoms with E-state index in [0.717, 1.165) is 25.0 Å². The van der Waals surface area contributed by atoms with Crippen LogP contribution in [0.4, 0.5) is 0 Å². The number of nitrogens with zero attached hydrogens (tertiary/aromatic N) is 1. The van der Waals surface area contributed by atoms with Crippen LogP contribution in [-0.4, -0.2) is 49.1 Å². The molecular formula is C15H25NO3. The molecule has 2 bridgehead atoms. The van der Waals surface area contributed by atoms with Gasteiger partial charge in [-0.2, -0.15) is 0 Å². The summed E-state index contributed by atoms with van der Waals surface area (Å²) in [6.07, 6.45) is 3.49. The minimum absolute atomic E-state index is 0.105. The minimum Gasteiger partial charge on any atom is -0.499 e. The Bertz CT molecular complexity index is 400. The number of Topliss-reactive ketones (excluding diaryl/α,β-unsaturated/α-hetero) is 1. The average molecular weight is 267 g/mol. The molecule has 2 unspecified atom stereocenters. The van der Waals surface area contributed by atoms with Gasteiger partial charge in [0.05, 0.1) is 18.5 Å². The highest BCUT2D eigenvalue weighted by Gasteiger charge is 2.56. The van der Waals surface area contributed by atoms with Gasteiger partial charge in [0, 0.05) is 18.0 Å². The summed E-state index contributed by atoms with van der Waals surface area (Å²) in [6.45, 7) is 7.48. The molecule has 3 fully saturated rings. The van der Waals surface area contributed by atoms with Gasteiger partial charge in [-0.05, 0) is 47.7 Å². The molecule has 0 aromatic rings. The number of hydrogen-bond acceptors (Lipinski definition) is 4. The van der Waals surface area contributed by atoms with Crippen LogP contribution in [0.1, 0.15) is 33.6 Å². The van der Waals surface area contributed by atoms with Crippen molar-refractivity contribution in [2.75, 3.05) is 27.2 Å². The Kier molecular flexibility index (Phi) is 3.76. The molecule has 1 aliphatic carbocycles. The van der Waals surface area contributed by atoms with Gasteiger partial charge in [-0.1, -0.05) is 0 Å². The molecule has 3 rings (SSSR count). The Morgan fingerprint density at radius 2 is 2.11 bits per heavy atom. The zero-order valence-corrected chi connectivity index (χ0v) is 12.7. The van der Waals surface area contributed by atoms with Gasteiger partial charge in [-0.25, -0.2) is 0 Å². The van der Waals surface area contributed by atoms with E-state index in [0.29, 0.717) is 6.61 Å². The summed E-state index contributed by atoms with van der Waals surface area (Å²) in [5.74, 6) is 0.258. The van der Waals surface area contributed by atoms with E-state index in [-0.39, 0.29) is 17.3 Å². The minimum atomic E-state index is -0.658. The van der Waals surface area contributed by atoms with Crippen molar-refractivity contribution >= 4 is 5.78 Å². The summed E-state index contributed by atoms with van der Waals surface area (Å²) in [5, 5.41) is 0. The fourth-order valence-electron chi connectivity index (χ4n) is 3.14. The van der Waals surface area contributed by atoms with Gasteiger partial charge in [0.25, 0.3) is 0 Å². The highest BCUT2D eigenvalue weighted by atomic mass is 16.5. The van der Waals surface area contributed by atoms with Crippen LogP contribution in [0.3, 0.4) is 0 Å². The molecule has 2 atom stereocenters. The Balaban J connectivity index is 2.11. The predicted molar refractivity (Wildman–Crippen MR) is 73.9 cm³/mol. The van der Waals surface area contributed by atoms with Gasteiger partial charge in [0.15, 0.2) is 5.78 Å². The number of likely N-dealkylation sites (N-methyl/N-ethyl adjacent to an activating group) is 1. The van der Waals surface area contributed by atoms with Crippen molar-refractivity contribution in [2.24, 2.45) is 5.92 Å². The van der Waals surface area contributed by atoms with E-state index in [1.165, 1.54) is 0 Å². The second-order valence-corrected chi connectivity index (χ2v) is 6.60. The van der Waals surface area contributed by atoms with Crippen molar-refractivity contribution in [1.82, 2.24) is 4.90 Å². The third kappa shape index (κ3) is 2.70. The monoisotopic (exact) mass is 267 g/mol. The zero-order chi connectivity index (χ0) is 14.3. The molecule has 2 saturated heterocycles. The number of carbonyl (C=O) groups is 1. The van der Waals surface area contributed by atoms with E-state index in [4.69, 9.17) is 9.47 Å². The molecule has 0 radical (unpaired) electrons. The lowest BCUT2D eigenvalue weighted by molar-refractivity contribution is -0.207. The summed E-state index contributed by atoms with van der Waals surface area (Å²) >= 11 is 0. The lowest BCUT2D eigenvalue weighted by Crippen LogP contribution is -2.60. The Morgan fingerprint density at radius 1 is 1.42 bits per heavy atom. The van der Waals surface area contributed by atoms with E-state index in [1.54, 1.807) is 6.26 Å². The molecule has 0 spiro atoms. The fraction of sp³-hybridized carbons (Fsp3) is 0.800. The molecule has 19 heavy (non-hydrogen) atoms. The topological polar surface area (TPSA) is 38.8 Å². The second kappa shape index (κ2) is 4.91. The van der Waals surface area contributed by atoms with Crippen LogP contribution in [-0.2, 0) is 14.3 Å². The van der Waals surface area contributed by atoms with Crippen LogP contribution in [0.5, 0.6) is 0 Å². The van der Waals surface area contributed by atoms with Crippen LogP contribution in [0, 0.1) is 5.92 Å². The molecular weight excluding hydrogens is 242 g/mol. The number of fused-ring (bicyclic) bond motifs is 3. The first kappa shape index (κ1) is 14.5. The second-order valence-electron chi connectivity index (χ2n) is 6.60. The van der Waals surface area contributed by atoms with E-state index in [1.807, 2.05) is 21.0 Å². The van der Waals surface area contributed by atoms with E-state index in [2.05, 4.69) is 18.7 Å². The molecule has 4 heteroatoms.